The predicted molar refractivity (Wildman–Crippen MR) is 343 cm³/mol. The molecule has 12 nitrogen and oxygen atoms in total. The Labute approximate surface area is 516 Å². The minimum absolute atomic E-state index is 0.143. The van der Waals surface area contributed by atoms with Crippen molar-refractivity contribution in [3.8, 4) is 114 Å². The third kappa shape index (κ3) is 10.9. The average molecular weight is 1190 g/mol. The molecule has 0 radical (unpaired) electrons. The van der Waals surface area contributed by atoms with Gasteiger partial charge in [0.2, 0.25) is 0 Å². The summed E-state index contributed by atoms with van der Waals surface area (Å²) in [4.78, 5) is 0. The summed E-state index contributed by atoms with van der Waals surface area (Å²) in [5, 5.41) is 44.0. The van der Waals surface area contributed by atoms with Gasteiger partial charge in [0.15, 0.2) is 0 Å². The van der Waals surface area contributed by atoms with E-state index in [4.69, 9.17) is 37.9 Å². The van der Waals surface area contributed by atoms with Crippen LogP contribution in [-0.2, 0) is 0 Å². The Hall–Kier alpha value is -8.64. The fourth-order valence-electron chi connectivity index (χ4n) is 14.4. The molecule has 8 aromatic carbocycles. The lowest BCUT2D eigenvalue weighted by molar-refractivity contribution is 0.206. The van der Waals surface area contributed by atoms with Crippen molar-refractivity contribution in [2.24, 2.45) is 23.7 Å². The summed E-state index contributed by atoms with van der Waals surface area (Å²) in [6.07, 6.45) is 2.73. The van der Waals surface area contributed by atoms with E-state index in [1.54, 1.807) is 48.5 Å². The highest BCUT2D eigenvalue weighted by Crippen LogP contribution is 2.62. The number of ether oxygens (including phenoxy) is 8. The molecule has 8 bridgehead atoms. The number of rotatable bonds is 12. The van der Waals surface area contributed by atoms with Gasteiger partial charge in [-0.25, -0.2) is 0 Å². The molecule has 0 aromatic heterocycles. The minimum Gasteiger partial charge on any atom is -0.508 e. The van der Waals surface area contributed by atoms with E-state index in [9.17, 15) is 20.4 Å². The molecule has 4 heterocycles. The lowest BCUT2D eigenvalue weighted by atomic mass is 9.72. The van der Waals surface area contributed by atoms with E-state index < -0.39 is 0 Å². The molecule has 0 fully saturated rings. The van der Waals surface area contributed by atoms with Crippen molar-refractivity contribution in [1.82, 2.24) is 0 Å². The number of phenolic OH excluding ortho intramolecular Hbond substituents is 4. The van der Waals surface area contributed by atoms with Crippen LogP contribution in [0.2, 0.25) is 0 Å². The Kier molecular flexibility index (Phi) is 16.0. The summed E-state index contributed by atoms with van der Waals surface area (Å²) in [6.45, 7) is 19.6. The van der Waals surface area contributed by atoms with Crippen molar-refractivity contribution in [2.75, 3.05) is 52.9 Å². The largest absolute Gasteiger partial charge is 0.508 e. The Balaban J connectivity index is 1.30. The van der Waals surface area contributed by atoms with Crippen LogP contribution in [-0.4, -0.2) is 73.3 Å². The van der Waals surface area contributed by atoms with Gasteiger partial charge >= 0.3 is 0 Å². The normalized spacial score (nSPS) is 18.2. The first kappa shape index (κ1) is 58.4. The zero-order valence-corrected chi connectivity index (χ0v) is 51.7. The van der Waals surface area contributed by atoms with Gasteiger partial charge < -0.3 is 58.3 Å². The Morgan fingerprint density at radius 1 is 0.261 bits per heavy atom. The number of hydrogen-bond donors (Lipinski definition) is 4. The van der Waals surface area contributed by atoms with Crippen LogP contribution >= 0.6 is 0 Å². The lowest BCUT2D eigenvalue weighted by Crippen LogP contribution is -2.17. The quantitative estimate of drug-likeness (QED) is 0.0920. The zero-order valence-electron chi connectivity index (χ0n) is 51.7. The van der Waals surface area contributed by atoms with E-state index in [0.717, 1.165) is 89.0 Å². The van der Waals surface area contributed by atoms with Gasteiger partial charge in [-0.05, 0) is 144 Å². The maximum absolute atomic E-state index is 11.0. The second-order valence-electron chi connectivity index (χ2n) is 26.1. The van der Waals surface area contributed by atoms with Crippen molar-refractivity contribution >= 4 is 0 Å². The van der Waals surface area contributed by atoms with Crippen LogP contribution < -0.4 is 37.9 Å². The molecule has 0 amide bonds. The third-order valence-corrected chi connectivity index (χ3v) is 17.9. The molecule has 0 saturated carbocycles. The maximum Gasteiger partial charge on any atom is 0.134 e. The molecule has 8 aromatic rings. The summed E-state index contributed by atoms with van der Waals surface area (Å²) in [7, 11) is 0. The molecule has 0 unspecified atom stereocenters. The highest BCUT2D eigenvalue weighted by molar-refractivity contribution is 5.88. The van der Waals surface area contributed by atoms with Gasteiger partial charge in [0.25, 0.3) is 0 Å². The second-order valence-corrected chi connectivity index (χ2v) is 26.1. The smallest absolute Gasteiger partial charge is 0.134 e. The first-order chi connectivity index (χ1) is 42.6. The van der Waals surface area contributed by atoms with Crippen molar-refractivity contribution in [1.29, 1.82) is 0 Å². The van der Waals surface area contributed by atoms with E-state index in [1.165, 1.54) is 0 Å². The van der Waals surface area contributed by atoms with E-state index in [0.29, 0.717) is 71.7 Å². The SMILES string of the molecule is CC(C)CC1c2cc3c4c(-c5ccc(O)cc5)c2OCCOc2c1cc1c(c2-c2ccc(O)cc2)OCCOc2c(cc5c(c2-c2ccc(O)cc2)OCCOc2c(cc(c(c2-c2ccc(O)cc2)OCCO4)C3CC(C)C)C5CC(C)C)C1CC(C)C. The predicted octanol–water partition coefficient (Wildman–Crippen LogP) is 17.3. The fraction of sp³-hybridized carbons (Fsp3) is 0.368. The molecule has 0 spiro atoms. The fourth-order valence-corrected chi connectivity index (χ4v) is 14.4. The van der Waals surface area contributed by atoms with E-state index in [-0.39, 0.29) is 123 Å². The molecule has 5 aliphatic rings. The molecule has 4 N–H and O–H groups in total. The van der Waals surface area contributed by atoms with Crippen molar-refractivity contribution < 1.29 is 58.3 Å². The molecule has 88 heavy (non-hydrogen) atoms. The third-order valence-electron chi connectivity index (χ3n) is 17.9. The summed E-state index contributed by atoms with van der Waals surface area (Å²) in [6, 6.07) is 39.0. The molecular weight excluding hydrogens is 1100 g/mol. The van der Waals surface area contributed by atoms with Crippen LogP contribution in [0.25, 0.3) is 44.5 Å². The minimum atomic E-state index is -0.369. The molecule has 0 atom stereocenters. The van der Waals surface area contributed by atoms with Crippen molar-refractivity contribution in [3.05, 3.63) is 166 Å². The number of phenols is 4. The summed E-state index contributed by atoms with van der Waals surface area (Å²) in [5.41, 5.74) is 14.2. The Morgan fingerprint density at radius 3 is 0.545 bits per heavy atom. The van der Waals surface area contributed by atoms with E-state index >= 15 is 0 Å². The van der Waals surface area contributed by atoms with Crippen LogP contribution in [0.4, 0.5) is 0 Å². The summed E-state index contributed by atoms with van der Waals surface area (Å²) >= 11 is 0. The maximum atomic E-state index is 11.0. The molecule has 0 saturated heterocycles. The zero-order chi connectivity index (χ0) is 61.1. The summed E-state index contributed by atoms with van der Waals surface area (Å²) in [5.74, 6) is 5.17. The highest BCUT2D eigenvalue weighted by Gasteiger charge is 2.42. The second kappa shape index (κ2) is 24.1. The number of hydrogen-bond acceptors (Lipinski definition) is 12. The van der Waals surface area contributed by atoms with E-state index in [2.05, 4.69) is 79.7 Å². The van der Waals surface area contributed by atoms with Gasteiger partial charge in [0, 0.05) is 68.2 Å². The molecule has 4 aliphatic heterocycles. The molecular formula is C76H80O12. The van der Waals surface area contributed by atoms with Gasteiger partial charge in [-0.1, -0.05) is 104 Å². The lowest BCUT2D eigenvalue weighted by Gasteiger charge is -2.34. The van der Waals surface area contributed by atoms with Gasteiger partial charge in [0.05, 0.1) is 22.3 Å². The molecule has 456 valence electrons. The van der Waals surface area contributed by atoms with Gasteiger partial charge in [-0.15, -0.1) is 0 Å². The van der Waals surface area contributed by atoms with Gasteiger partial charge in [-0.2, -0.15) is 0 Å². The Bertz CT molecular complexity index is 3240. The van der Waals surface area contributed by atoms with Crippen LogP contribution in [0.3, 0.4) is 0 Å². The first-order valence-electron chi connectivity index (χ1n) is 31.6. The van der Waals surface area contributed by atoms with Crippen molar-refractivity contribution in [2.45, 2.75) is 105 Å². The molecule has 13 rings (SSSR count). The standard InChI is InChI=1S/C76H80O12/c1-41(2)33-53-57-37-59-54(34-42(3)4)61-39-63-56(36-44(7)8)64-40-62-55(35-43(5)6)60-38-58(53)70-66(46-11-19-50(78)20-12-46)72(60)84-28-30-86-74(62)68(48-15-23-52(80)24-16-48)76(64)88-32-31-87-75(63)67(47-13-21-51(79)22-14-47)73(61)85-29-27-83-71(59)65(69(57)81-25-26-82-70)45-9-17-49(77)18-10-45/h9-24,37-44,53-56,77-80H,25-36H2,1-8H3. The Morgan fingerprint density at radius 2 is 0.409 bits per heavy atom. The highest BCUT2D eigenvalue weighted by atomic mass is 16.5. The number of benzene rings is 8. The van der Waals surface area contributed by atoms with Crippen LogP contribution in [0.5, 0.6) is 69.0 Å². The van der Waals surface area contributed by atoms with Crippen LogP contribution in [0.15, 0.2) is 121 Å². The molecule has 1 aliphatic carbocycles. The van der Waals surface area contributed by atoms with Crippen LogP contribution in [0.1, 0.15) is 149 Å². The van der Waals surface area contributed by atoms with Gasteiger partial charge in [-0.3, -0.25) is 0 Å². The topological polar surface area (TPSA) is 155 Å². The molecule has 12 heteroatoms. The monoisotopic (exact) mass is 1180 g/mol. The van der Waals surface area contributed by atoms with Crippen LogP contribution in [0, 0.1) is 23.7 Å². The first-order valence-corrected chi connectivity index (χ1v) is 31.6. The van der Waals surface area contributed by atoms with E-state index in [1.807, 2.05) is 48.5 Å². The average Bonchev–Trinajstić information content (AvgIpc) is 1.19. The van der Waals surface area contributed by atoms with Gasteiger partial charge in [0.1, 0.15) is 122 Å². The van der Waals surface area contributed by atoms with Crippen molar-refractivity contribution in [3.63, 3.8) is 0 Å². The summed E-state index contributed by atoms with van der Waals surface area (Å²) < 4.78 is 58.6. The number of aromatic hydroxyl groups is 4.